The number of benzene rings is 2. The van der Waals surface area contributed by atoms with Gasteiger partial charge in [-0.3, -0.25) is 18.7 Å². The number of anilines is 1. The summed E-state index contributed by atoms with van der Waals surface area (Å²) in [5.74, 6) is 0.0650. The number of hydrogen-bond acceptors (Lipinski definition) is 4. The van der Waals surface area contributed by atoms with Crippen molar-refractivity contribution in [1.82, 2.24) is 18.9 Å². The molecule has 4 rings (SSSR count). The lowest BCUT2D eigenvalue weighted by Crippen LogP contribution is -2.37. The fourth-order valence-corrected chi connectivity index (χ4v) is 3.46. The zero-order chi connectivity index (χ0) is 21.4. The first-order valence-electron chi connectivity index (χ1n) is 9.14. The molecule has 0 aliphatic heterocycles. The Bertz CT molecular complexity index is 1380. The van der Waals surface area contributed by atoms with E-state index in [4.69, 9.17) is 11.6 Å². The number of carbonyl (C=O) groups is 1. The van der Waals surface area contributed by atoms with Crippen LogP contribution in [-0.4, -0.2) is 24.8 Å². The second kappa shape index (κ2) is 7.64. The normalized spacial score (nSPS) is 11.0. The molecule has 0 unspecified atom stereocenters. The maximum absolute atomic E-state index is 12.6. The molecule has 0 aliphatic rings. The third kappa shape index (κ3) is 3.53. The highest BCUT2D eigenvalue weighted by Crippen LogP contribution is 2.16. The Morgan fingerprint density at radius 2 is 1.77 bits per heavy atom. The SMILES string of the molecule is Cn1c(=O)c2c(CC(=O)Nc3ccn(-c4ccc(Cl)cc4)n3)cccc2n(C)c1=O. The highest BCUT2D eigenvalue weighted by atomic mass is 35.5. The zero-order valence-corrected chi connectivity index (χ0v) is 17.1. The highest BCUT2D eigenvalue weighted by molar-refractivity contribution is 6.30. The Hall–Kier alpha value is -3.65. The van der Waals surface area contributed by atoms with Gasteiger partial charge in [-0.25, -0.2) is 9.48 Å². The zero-order valence-electron chi connectivity index (χ0n) is 16.3. The number of halogens is 1. The summed E-state index contributed by atoms with van der Waals surface area (Å²) in [6, 6.07) is 13.9. The average molecular weight is 424 g/mol. The number of nitrogens with one attached hydrogen (secondary N) is 1. The van der Waals surface area contributed by atoms with Gasteiger partial charge < -0.3 is 5.32 Å². The smallest absolute Gasteiger partial charge is 0.309 e. The first-order valence-corrected chi connectivity index (χ1v) is 9.52. The van der Waals surface area contributed by atoms with Crippen LogP contribution in [0.2, 0.25) is 5.02 Å². The largest absolute Gasteiger partial charge is 0.330 e. The molecule has 152 valence electrons. The van der Waals surface area contributed by atoms with E-state index < -0.39 is 11.2 Å². The molecule has 1 amide bonds. The van der Waals surface area contributed by atoms with Gasteiger partial charge in [-0.2, -0.15) is 5.10 Å². The molecule has 8 nitrogen and oxygen atoms in total. The van der Waals surface area contributed by atoms with Crippen LogP contribution in [0.4, 0.5) is 5.82 Å². The molecule has 0 spiro atoms. The van der Waals surface area contributed by atoms with Crippen LogP contribution in [-0.2, 0) is 25.3 Å². The van der Waals surface area contributed by atoms with Gasteiger partial charge in [-0.05, 0) is 35.9 Å². The van der Waals surface area contributed by atoms with Crippen molar-refractivity contribution >= 4 is 34.2 Å². The predicted octanol–water partition coefficient (Wildman–Crippen LogP) is 2.26. The predicted molar refractivity (Wildman–Crippen MR) is 115 cm³/mol. The van der Waals surface area contributed by atoms with Gasteiger partial charge >= 0.3 is 5.69 Å². The number of carbonyl (C=O) groups excluding carboxylic acids is 1. The molecule has 4 aromatic rings. The van der Waals surface area contributed by atoms with Crippen molar-refractivity contribution in [1.29, 1.82) is 0 Å². The fourth-order valence-electron chi connectivity index (χ4n) is 3.33. The molecule has 2 heterocycles. The quantitative estimate of drug-likeness (QED) is 0.545. The van der Waals surface area contributed by atoms with Crippen LogP contribution in [0, 0.1) is 0 Å². The standard InChI is InChI=1S/C21H18ClN5O3/c1-25-16-5-3-4-13(19(16)20(29)26(2)21(25)30)12-18(28)23-17-10-11-27(24-17)15-8-6-14(22)7-9-15/h3-11H,12H2,1-2H3,(H,23,24,28). The topological polar surface area (TPSA) is 90.9 Å². The van der Waals surface area contributed by atoms with Gasteiger partial charge in [0.2, 0.25) is 5.91 Å². The van der Waals surface area contributed by atoms with Gasteiger partial charge in [0.1, 0.15) is 0 Å². The van der Waals surface area contributed by atoms with Crippen LogP contribution in [0.15, 0.2) is 64.3 Å². The van der Waals surface area contributed by atoms with Gasteiger partial charge in [0, 0.05) is 31.4 Å². The van der Waals surface area contributed by atoms with Crippen molar-refractivity contribution < 1.29 is 4.79 Å². The van der Waals surface area contributed by atoms with E-state index in [-0.39, 0.29) is 12.3 Å². The maximum Gasteiger partial charge on any atom is 0.330 e. The van der Waals surface area contributed by atoms with Gasteiger partial charge in [0.15, 0.2) is 5.82 Å². The first-order chi connectivity index (χ1) is 14.3. The molecule has 2 aromatic carbocycles. The molecule has 0 atom stereocenters. The monoisotopic (exact) mass is 423 g/mol. The summed E-state index contributed by atoms with van der Waals surface area (Å²) < 4.78 is 4.05. The number of aromatic nitrogens is 4. The van der Waals surface area contributed by atoms with Crippen LogP contribution >= 0.6 is 11.6 Å². The molecule has 2 aromatic heterocycles. The highest BCUT2D eigenvalue weighted by Gasteiger charge is 2.15. The molecular formula is C21H18ClN5O3. The van der Waals surface area contributed by atoms with E-state index >= 15 is 0 Å². The Morgan fingerprint density at radius 1 is 1.03 bits per heavy atom. The van der Waals surface area contributed by atoms with Crippen molar-refractivity contribution in [3.8, 4) is 5.69 Å². The summed E-state index contributed by atoms with van der Waals surface area (Å²) in [7, 11) is 3.02. The van der Waals surface area contributed by atoms with Crippen LogP contribution in [0.5, 0.6) is 0 Å². The summed E-state index contributed by atoms with van der Waals surface area (Å²) in [6.45, 7) is 0. The van der Waals surface area contributed by atoms with Gasteiger partial charge in [-0.15, -0.1) is 0 Å². The summed E-state index contributed by atoms with van der Waals surface area (Å²) in [4.78, 5) is 37.4. The number of nitrogens with zero attached hydrogens (tertiary/aromatic N) is 4. The third-order valence-corrected chi connectivity index (χ3v) is 5.13. The molecule has 0 aliphatic carbocycles. The van der Waals surface area contributed by atoms with Crippen molar-refractivity contribution in [2.24, 2.45) is 14.1 Å². The lowest BCUT2D eigenvalue weighted by Gasteiger charge is -2.11. The summed E-state index contributed by atoms with van der Waals surface area (Å²) in [5, 5.41) is 8.06. The van der Waals surface area contributed by atoms with Gasteiger partial charge in [0.05, 0.1) is 23.0 Å². The van der Waals surface area contributed by atoms with Crippen molar-refractivity contribution in [2.45, 2.75) is 6.42 Å². The second-order valence-corrected chi connectivity index (χ2v) is 7.30. The van der Waals surface area contributed by atoms with Crippen LogP contribution < -0.4 is 16.6 Å². The molecule has 9 heteroatoms. The average Bonchev–Trinajstić information content (AvgIpc) is 3.19. The molecule has 0 saturated heterocycles. The van der Waals surface area contributed by atoms with Crippen molar-refractivity contribution in [2.75, 3.05) is 5.32 Å². The third-order valence-electron chi connectivity index (χ3n) is 4.88. The number of hydrogen-bond donors (Lipinski definition) is 1. The summed E-state index contributed by atoms with van der Waals surface area (Å²) in [6.07, 6.45) is 1.70. The van der Waals surface area contributed by atoms with E-state index in [1.807, 2.05) is 12.1 Å². The van der Waals surface area contributed by atoms with Crippen LogP contribution in [0.1, 0.15) is 5.56 Å². The van der Waals surface area contributed by atoms with E-state index in [2.05, 4.69) is 10.4 Å². The minimum Gasteiger partial charge on any atom is -0.309 e. The molecule has 0 saturated carbocycles. The fraction of sp³-hybridized carbons (Fsp3) is 0.143. The molecule has 0 radical (unpaired) electrons. The molecular weight excluding hydrogens is 406 g/mol. The van der Waals surface area contributed by atoms with Crippen LogP contribution in [0.25, 0.3) is 16.6 Å². The lowest BCUT2D eigenvalue weighted by atomic mass is 10.1. The minimum atomic E-state index is -0.427. The molecule has 30 heavy (non-hydrogen) atoms. The van der Waals surface area contributed by atoms with Crippen molar-refractivity contribution in [3.05, 3.63) is 86.2 Å². The number of fused-ring (bicyclic) bond motifs is 1. The van der Waals surface area contributed by atoms with Crippen LogP contribution in [0.3, 0.4) is 0 Å². The molecule has 0 bridgehead atoms. The number of rotatable bonds is 4. The number of aryl methyl sites for hydroxylation is 1. The Labute approximate surface area is 175 Å². The minimum absolute atomic E-state index is 0.0292. The summed E-state index contributed by atoms with van der Waals surface area (Å²) in [5.41, 5.74) is 0.988. The number of amides is 1. The molecule has 0 fully saturated rings. The van der Waals surface area contributed by atoms with E-state index in [1.165, 1.54) is 11.6 Å². The molecule has 1 N–H and O–H groups in total. The maximum atomic E-state index is 12.6. The van der Waals surface area contributed by atoms with E-state index in [1.54, 1.807) is 54.3 Å². The van der Waals surface area contributed by atoms with E-state index in [9.17, 15) is 14.4 Å². The van der Waals surface area contributed by atoms with E-state index in [0.29, 0.717) is 27.3 Å². The Kier molecular flexibility index (Phi) is 5.01. The first kappa shape index (κ1) is 19.7. The van der Waals surface area contributed by atoms with Gasteiger partial charge in [-0.1, -0.05) is 23.7 Å². The second-order valence-electron chi connectivity index (χ2n) is 6.86. The Balaban J connectivity index is 1.60. The van der Waals surface area contributed by atoms with Crippen molar-refractivity contribution in [3.63, 3.8) is 0 Å². The lowest BCUT2D eigenvalue weighted by molar-refractivity contribution is -0.115. The Morgan fingerprint density at radius 3 is 2.50 bits per heavy atom. The summed E-state index contributed by atoms with van der Waals surface area (Å²) >= 11 is 5.90. The van der Waals surface area contributed by atoms with E-state index in [0.717, 1.165) is 10.3 Å². The van der Waals surface area contributed by atoms with Gasteiger partial charge in [0.25, 0.3) is 5.56 Å².